The zero-order chi connectivity index (χ0) is 10.7. The highest BCUT2D eigenvalue weighted by Crippen LogP contribution is 2.27. The fraction of sp³-hybridized carbons (Fsp3) is 0.375. The maximum atomic E-state index is 12.5. The van der Waals surface area contributed by atoms with E-state index in [1.807, 2.05) is 0 Å². The van der Waals surface area contributed by atoms with Gasteiger partial charge in [-0.15, -0.1) is 0 Å². The molecule has 1 aromatic heterocycles. The molecule has 0 aliphatic heterocycles. The molecule has 4 N–H and O–H groups in total. The number of alkyl halides is 2. The summed E-state index contributed by atoms with van der Waals surface area (Å²) in [5, 5.41) is 0. The molecule has 0 radical (unpaired) electrons. The Morgan fingerprint density at radius 2 is 2.21 bits per heavy atom. The second-order valence-electron chi connectivity index (χ2n) is 2.62. The molecule has 0 aliphatic rings. The van der Waals surface area contributed by atoms with E-state index in [0.29, 0.717) is 0 Å². The van der Waals surface area contributed by atoms with E-state index < -0.39 is 12.1 Å². The molecule has 0 spiro atoms. The predicted octanol–water partition coefficient (Wildman–Crippen LogP) is 1.07. The molecule has 0 fully saturated rings. The molecule has 0 bridgehead atoms. The van der Waals surface area contributed by atoms with Crippen molar-refractivity contribution < 1.29 is 13.5 Å². The molecule has 1 aromatic rings. The second kappa shape index (κ2) is 4.19. The lowest BCUT2D eigenvalue weighted by Crippen LogP contribution is -2.09. The summed E-state index contributed by atoms with van der Waals surface area (Å²) in [6.45, 7) is -0.0670. The Balaban J connectivity index is 3.28. The van der Waals surface area contributed by atoms with Gasteiger partial charge in [-0.3, -0.25) is 0 Å². The molecule has 0 unspecified atom stereocenters. The number of nitrogens with zero attached hydrogens (tertiary/aromatic N) is 1. The van der Waals surface area contributed by atoms with Crippen molar-refractivity contribution in [1.29, 1.82) is 0 Å². The number of rotatable bonds is 3. The molecule has 14 heavy (non-hydrogen) atoms. The number of hydrogen-bond donors (Lipinski definition) is 2. The number of halogens is 2. The van der Waals surface area contributed by atoms with Gasteiger partial charge in [0.25, 0.3) is 6.43 Å². The van der Waals surface area contributed by atoms with Crippen LogP contribution in [-0.4, -0.2) is 12.1 Å². The molecule has 0 saturated carbocycles. The third-order valence-electron chi connectivity index (χ3n) is 1.79. The number of aromatic nitrogens is 1. The molecule has 0 saturated heterocycles. The monoisotopic (exact) mass is 203 g/mol. The van der Waals surface area contributed by atoms with Crippen molar-refractivity contribution in [1.82, 2.24) is 4.98 Å². The Kier molecular flexibility index (Phi) is 3.19. The number of pyridine rings is 1. The highest BCUT2D eigenvalue weighted by Gasteiger charge is 2.17. The average molecular weight is 203 g/mol. The molecule has 1 heterocycles. The molecular formula is C8H11F2N3O. The lowest BCUT2D eigenvalue weighted by Gasteiger charge is -2.10. The zero-order valence-electron chi connectivity index (χ0n) is 7.63. The number of hydrogen-bond acceptors (Lipinski definition) is 4. The summed E-state index contributed by atoms with van der Waals surface area (Å²) in [6.07, 6.45) is -2.70. The largest absolute Gasteiger partial charge is 0.481 e. The van der Waals surface area contributed by atoms with Gasteiger partial charge in [0.15, 0.2) is 0 Å². The Bertz CT molecular complexity index is 331. The number of nitrogens with two attached hydrogens (primary N) is 2. The smallest absolute Gasteiger partial charge is 0.280 e. The number of ether oxygens (including phenoxy) is 1. The van der Waals surface area contributed by atoms with E-state index in [-0.39, 0.29) is 23.7 Å². The number of methoxy groups -OCH3 is 1. The maximum Gasteiger partial charge on any atom is 0.280 e. The van der Waals surface area contributed by atoms with E-state index in [1.54, 1.807) is 0 Å². The quantitative estimate of drug-likeness (QED) is 0.770. The van der Waals surface area contributed by atoms with Gasteiger partial charge in [-0.1, -0.05) is 0 Å². The van der Waals surface area contributed by atoms with Gasteiger partial charge in [0.2, 0.25) is 5.88 Å². The minimum Gasteiger partial charge on any atom is -0.481 e. The van der Waals surface area contributed by atoms with Gasteiger partial charge >= 0.3 is 0 Å². The Hall–Kier alpha value is -1.43. The lowest BCUT2D eigenvalue weighted by molar-refractivity contribution is 0.144. The molecule has 78 valence electrons. The number of nitrogen functional groups attached to an aromatic ring is 1. The summed E-state index contributed by atoms with van der Waals surface area (Å²) in [7, 11) is 1.33. The molecule has 1 rings (SSSR count). The first-order chi connectivity index (χ1) is 6.60. The highest BCUT2D eigenvalue weighted by atomic mass is 19.3. The van der Waals surface area contributed by atoms with Crippen LogP contribution in [0.3, 0.4) is 0 Å². The van der Waals surface area contributed by atoms with E-state index in [1.165, 1.54) is 13.2 Å². The maximum absolute atomic E-state index is 12.5. The van der Waals surface area contributed by atoms with E-state index >= 15 is 0 Å². The topological polar surface area (TPSA) is 74.2 Å². The SMILES string of the molecule is COc1cc(N)c(CN)c(C(F)F)n1. The van der Waals surface area contributed by atoms with Crippen LogP contribution in [0.15, 0.2) is 6.07 Å². The van der Waals surface area contributed by atoms with Crippen molar-refractivity contribution in [2.24, 2.45) is 5.73 Å². The zero-order valence-corrected chi connectivity index (χ0v) is 7.63. The molecule has 0 aliphatic carbocycles. The van der Waals surface area contributed by atoms with Crippen LogP contribution in [0, 0.1) is 0 Å². The summed E-state index contributed by atoms with van der Waals surface area (Å²) in [5.41, 5.74) is 10.7. The Labute approximate surface area is 79.9 Å². The van der Waals surface area contributed by atoms with Gasteiger partial charge < -0.3 is 16.2 Å². The van der Waals surface area contributed by atoms with Gasteiger partial charge in [0, 0.05) is 23.9 Å². The Morgan fingerprint density at radius 3 is 2.64 bits per heavy atom. The first-order valence-corrected chi connectivity index (χ1v) is 3.91. The van der Waals surface area contributed by atoms with Crippen molar-refractivity contribution in [2.75, 3.05) is 12.8 Å². The third-order valence-corrected chi connectivity index (χ3v) is 1.79. The first-order valence-electron chi connectivity index (χ1n) is 3.91. The van der Waals surface area contributed by atoms with Crippen molar-refractivity contribution in [2.45, 2.75) is 13.0 Å². The average Bonchev–Trinajstić information content (AvgIpc) is 2.16. The fourth-order valence-corrected chi connectivity index (χ4v) is 1.09. The molecule has 6 heteroatoms. The summed E-state index contributed by atoms with van der Waals surface area (Å²) in [6, 6.07) is 1.37. The summed E-state index contributed by atoms with van der Waals surface area (Å²) in [4.78, 5) is 3.59. The molecule has 0 amide bonds. The van der Waals surface area contributed by atoms with Crippen LogP contribution in [-0.2, 0) is 6.54 Å². The van der Waals surface area contributed by atoms with Crippen molar-refractivity contribution >= 4 is 5.69 Å². The van der Waals surface area contributed by atoms with Crippen LogP contribution in [0.4, 0.5) is 14.5 Å². The fourth-order valence-electron chi connectivity index (χ4n) is 1.09. The van der Waals surface area contributed by atoms with Crippen LogP contribution in [0.2, 0.25) is 0 Å². The van der Waals surface area contributed by atoms with E-state index in [9.17, 15) is 8.78 Å². The van der Waals surface area contributed by atoms with Gasteiger partial charge in [-0.25, -0.2) is 13.8 Å². The highest BCUT2D eigenvalue weighted by molar-refractivity contribution is 5.51. The van der Waals surface area contributed by atoms with Gasteiger partial charge in [0.05, 0.1) is 7.11 Å². The third kappa shape index (κ3) is 1.90. The Morgan fingerprint density at radius 1 is 1.57 bits per heavy atom. The lowest BCUT2D eigenvalue weighted by atomic mass is 10.1. The minimum absolute atomic E-state index is 0.0648. The van der Waals surface area contributed by atoms with E-state index in [2.05, 4.69) is 4.98 Å². The minimum atomic E-state index is -2.70. The molecule has 4 nitrogen and oxygen atoms in total. The van der Waals surface area contributed by atoms with Crippen LogP contribution >= 0.6 is 0 Å². The molecular weight excluding hydrogens is 192 g/mol. The van der Waals surface area contributed by atoms with Crippen LogP contribution in [0.25, 0.3) is 0 Å². The van der Waals surface area contributed by atoms with Gasteiger partial charge in [0.1, 0.15) is 5.69 Å². The molecule has 0 atom stereocenters. The van der Waals surface area contributed by atoms with Gasteiger partial charge in [-0.05, 0) is 0 Å². The summed E-state index contributed by atoms with van der Waals surface area (Å²) in [5.74, 6) is 0.0648. The molecule has 0 aromatic carbocycles. The summed E-state index contributed by atoms with van der Waals surface area (Å²) < 4.78 is 29.7. The van der Waals surface area contributed by atoms with Gasteiger partial charge in [-0.2, -0.15) is 0 Å². The summed E-state index contributed by atoms with van der Waals surface area (Å²) >= 11 is 0. The van der Waals surface area contributed by atoms with Crippen LogP contribution < -0.4 is 16.2 Å². The van der Waals surface area contributed by atoms with E-state index in [4.69, 9.17) is 16.2 Å². The van der Waals surface area contributed by atoms with Crippen LogP contribution in [0.5, 0.6) is 5.88 Å². The number of anilines is 1. The normalized spacial score (nSPS) is 10.6. The second-order valence-corrected chi connectivity index (χ2v) is 2.62. The standard InChI is InChI=1S/C8H11F2N3O/c1-14-6-2-5(12)4(3-11)7(13-6)8(9)10/h2,8H,3,11H2,1H3,(H2,12,13). The van der Waals surface area contributed by atoms with Crippen molar-refractivity contribution in [3.63, 3.8) is 0 Å². The predicted molar refractivity (Wildman–Crippen MR) is 48.0 cm³/mol. The van der Waals surface area contributed by atoms with Crippen molar-refractivity contribution in [3.05, 3.63) is 17.3 Å². The van der Waals surface area contributed by atoms with E-state index in [0.717, 1.165) is 0 Å². The van der Waals surface area contributed by atoms with Crippen LogP contribution in [0.1, 0.15) is 17.7 Å². The van der Waals surface area contributed by atoms with Crippen molar-refractivity contribution in [3.8, 4) is 5.88 Å². The first kappa shape index (κ1) is 10.6.